The van der Waals surface area contributed by atoms with Crippen LogP contribution in [0.5, 0.6) is 11.5 Å². The highest BCUT2D eigenvalue weighted by atomic mass is 35.5. The number of likely N-dealkylation sites (N-methyl/N-ethyl adjacent to an activating group) is 1. The Labute approximate surface area is 164 Å². The van der Waals surface area contributed by atoms with Crippen molar-refractivity contribution < 1.29 is 24.2 Å². The van der Waals surface area contributed by atoms with Crippen LogP contribution >= 0.6 is 11.6 Å². The van der Waals surface area contributed by atoms with Crippen molar-refractivity contribution in [1.82, 2.24) is 5.06 Å². The molecule has 28 heavy (non-hydrogen) atoms. The Morgan fingerprint density at radius 1 is 1.29 bits per heavy atom. The SMILES string of the molecule is Cc1ccc(F)c(ON(C)C(=O)/C(C#N)=C(\O)c2cc(Cl)c(O)c(C#N)c2)c1. The van der Waals surface area contributed by atoms with Gasteiger partial charge in [0.2, 0.25) is 0 Å². The van der Waals surface area contributed by atoms with E-state index >= 15 is 0 Å². The molecule has 0 saturated carbocycles. The van der Waals surface area contributed by atoms with E-state index in [4.69, 9.17) is 21.7 Å². The van der Waals surface area contributed by atoms with Gasteiger partial charge in [0.15, 0.2) is 22.9 Å². The molecule has 0 aliphatic carbocycles. The van der Waals surface area contributed by atoms with Crippen LogP contribution in [-0.2, 0) is 4.79 Å². The third-order valence-corrected chi connectivity index (χ3v) is 3.92. The van der Waals surface area contributed by atoms with Crippen molar-refractivity contribution in [3.8, 4) is 23.6 Å². The van der Waals surface area contributed by atoms with E-state index in [1.165, 1.54) is 12.1 Å². The Hall–Kier alpha value is -3.75. The Bertz CT molecular complexity index is 1070. The van der Waals surface area contributed by atoms with Crippen LogP contribution in [0.4, 0.5) is 4.39 Å². The molecule has 2 rings (SSSR count). The summed E-state index contributed by atoms with van der Waals surface area (Å²) in [6.07, 6.45) is 0. The van der Waals surface area contributed by atoms with Crippen LogP contribution in [0.2, 0.25) is 5.02 Å². The molecular formula is C19H13ClFN3O4. The van der Waals surface area contributed by atoms with E-state index in [1.54, 1.807) is 19.1 Å². The summed E-state index contributed by atoms with van der Waals surface area (Å²) >= 11 is 5.79. The number of carbonyl (C=O) groups is 1. The van der Waals surface area contributed by atoms with Gasteiger partial charge in [-0.1, -0.05) is 17.7 Å². The molecule has 0 aliphatic rings. The van der Waals surface area contributed by atoms with Crippen molar-refractivity contribution in [2.45, 2.75) is 6.92 Å². The van der Waals surface area contributed by atoms with Crippen molar-refractivity contribution >= 4 is 23.3 Å². The Morgan fingerprint density at radius 2 is 1.96 bits per heavy atom. The highest BCUT2D eigenvalue weighted by molar-refractivity contribution is 6.32. The van der Waals surface area contributed by atoms with Gasteiger partial charge < -0.3 is 15.1 Å². The van der Waals surface area contributed by atoms with Crippen LogP contribution in [0, 0.1) is 35.4 Å². The van der Waals surface area contributed by atoms with E-state index in [2.05, 4.69) is 0 Å². The number of phenols is 1. The minimum Gasteiger partial charge on any atom is -0.506 e. The first-order chi connectivity index (χ1) is 13.2. The number of hydrogen-bond donors (Lipinski definition) is 2. The van der Waals surface area contributed by atoms with Gasteiger partial charge >= 0.3 is 5.91 Å². The number of amides is 1. The van der Waals surface area contributed by atoms with Crippen molar-refractivity contribution in [3.63, 3.8) is 0 Å². The van der Waals surface area contributed by atoms with Gasteiger partial charge in [-0.2, -0.15) is 15.6 Å². The maximum Gasteiger partial charge on any atom is 0.300 e. The monoisotopic (exact) mass is 401 g/mol. The molecule has 2 aromatic carbocycles. The molecule has 0 atom stereocenters. The van der Waals surface area contributed by atoms with E-state index in [9.17, 15) is 24.7 Å². The van der Waals surface area contributed by atoms with Gasteiger partial charge in [0.1, 0.15) is 17.9 Å². The van der Waals surface area contributed by atoms with Gasteiger partial charge in [0.25, 0.3) is 0 Å². The minimum atomic E-state index is -1.07. The third kappa shape index (κ3) is 4.14. The van der Waals surface area contributed by atoms with E-state index < -0.39 is 28.8 Å². The zero-order valence-corrected chi connectivity index (χ0v) is 15.5. The number of carbonyl (C=O) groups excluding carboxylic acids is 1. The molecule has 2 aromatic rings. The average molecular weight is 402 g/mol. The number of aryl methyl sites for hydroxylation is 1. The largest absolute Gasteiger partial charge is 0.506 e. The Balaban J connectivity index is 2.41. The van der Waals surface area contributed by atoms with Crippen molar-refractivity contribution in [3.05, 3.63) is 63.4 Å². The lowest BCUT2D eigenvalue weighted by Crippen LogP contribution is -2.32. The molecule has 142 valence electrons. The van der Waals surface area contributed by atoms with E-state index in [0.29, 0.717) is 10.6 Å². The fraction of sp³-hybridized carbons (Fsp3) is 0.105. The topological polar surface area (TPSA) is 118 Å². The number of rotatable bonds is 4. The number of hydroxylamine groups is 2. The molecule has 0 aromatic heterocycles. The lowest BCUT2D eigenvalue weighted by atomic mass is 10.1. The van der Waals surface area contributed by atoms with Gasteiger partial charge in [-0.15, -0.1) is 0 Å². The number of benzene rings is 2. The molecule has 2 N–H and O–H groups in total. The number of nitriles is 2. The number of aliphatic hydroxyl groups excluding tert-OH is 1. The Kier molecular flexibility index (Phi) is 6.09. The van der Waals surface area contributed by atoms with Gasteiger partial charge in [-0.3, -0.25) is 4.79 Å². The summed E-state index contributed by atoms with van der Waals surface area (Å²) in [5.74, 6) is -3.32. The van der Waals surface area contributed by atoms with E-state index in [1.807, 2.05) is 0 Å². The van der Waals surface area contributed by atoms with Gasteiger partial charge in [-0.05, 0) is 36.8 Å². The number of hydrogen-bond acceptors (Lipinski definition) is 6. The first-order valence-corrected chi connectivity index (χ1v) is 8.05. The Morgan fingerprint density at radius 3 is 2.57 bits per heavy atom. The van der Waals surface area contributed by atoms with Crippen LogP contribution in [0.1, 0.15) is 16.7 Å². The maximum absolute atomic E-state index is 13.8. The predicted octanol–water partition coefficient (Wildman–Crippen LogP) is 3.61. The number of nitrogens with zero attached hydrogens (tertiary/aromatic N) is 3. The maximum atomic E-state index is 13.8. The molecule has 0 aliphatic heterocycles. The number of phenolic OH excluding ortho intramolecular Hbond substituents is 1. The standard InChI is InChI=1S/C19H13ClFN3O4/c1-10-3-4-15(21)16(5-10)28-24(2)19(27)13(9-23)17(25)11-6-12(8-22)18(26)14(20)7-11/h3-7,25-26H,1-2H3/b17-13-. The van der Waals surface area contributed by atoms with Crippen molar-refractivity contribution in [2.75, 3.05) is 7.05 Å². The summed E-state index contributed by atoms with van der Waals surface area (Å²) in [5, 5.41) is 38.6. The molecule has 0 heterocycles. The molecular weight excluding hydrogens is 389 g/mol. The average Bonchev–Trinajstić information content (AvgIpc) is 2.66. The smallest absolute Gasteiger partial charge is 0.300 e. The predicted molar refractivity (Wildman–Crippen MR) is 97.5 cm³/mol. The summed E-state index contributed by atoms with van der Waals surface area (Å²) in [7, 11) is 1.14. The number of aliphatic hydroxyl groups is 1. The number of aromatic hydroxyl groups is 1. The lowest BCUT2D eigenvalue weighted by molar-refractivity contribution is -0.147. The summed E-state index contributed by atoms with van der Waals surface area (Å²) in [6, 6.07) is 9.37. The molecule has 0 fully saturated rings. The first kappa shape index (κ1) is 20.6. The second kappa shape index (κ2) is 8.30. The summed E-state index contributed by atoms with van der Waals surface area (Å²) in [4.78, 5) is 17.6. The minimum absolute atomic E-state index is 0.139. The number of halogens is 2. The van der Waals surface area contributed by atoms with Crippen molar-refractivity contribution in [2.24, 2.45) is 0 Å². The van der Waals surface area contributed by atoms with E-state index in [-0.39, 0.29) is 21.9 Å². The second-order valence-corrected chi connectivity index (χ2v) is 6.04. The van der Waals surface area contributed by atoms with Crippen LogP contribution in [-0.4, -0.2) is 28.2 Å². The lowest BCUT2D eigenvalue weighted by Gasteiger charge is -2.18. The molecule has 0 spiro atoms. The molecule has 0 radical (unpaired) electrons. The fourth-order valence-electron chi connectivity index (χ4n) is 2.19. The summed E-state index contributed by atoms with van der Waals surface area (Å²) < 4.78 is 13.8. The molecule has 0 bridgehead atoms. The van der Waals surface area contributed by atoms with Gasteiger partial charge in [0.05, 0.1) is 10.6 Å². The van der Waals surface area contributed by atoms with E-state index in [0.717, 1.165) is 25.2 Å². The van der Waals surface area contributed by atoms with Crippen LogP contribution in [0.15, 0.2) is 35.9 Å². The van der Waals surface area contributed by atoms with Crippen LogP contribution < -0.4 is 4.84 Å². The summed E-state index contributed by atoms with van der Waals surface area (Å²) in [6.45, 7) is 1.70. The highest BCUT2D eigenvalue weighted by Gasteiger charge is 2.24. The molecule has 9 heteroatoms. The second-order valence-electron chi connectivity index (χ2n) is 5.63. The van der Waals surface area contributed by atoms with Crippen molar-refractivity contribution in [1.29, 1.82) is 10.5 Å². The van der Waals surface area contributed by atoms with Gasteiger partial charge in [0, 0.05) is 12.6 Å². The van der Waals surface area contributed by atoms with Crippen LogP contribution in [0.3, 0.4) is 0 Å². The van der Waals surface area contributed by atoms with Gasteiger partial charge in [-0.25, -0.2) is 4.39 Å². The molecule has 7 nitrogen and oxygen atoms in total. The zero-order chi connectivity index (χ0) is 21.0. The first-order valence-electron chi connectivity index (χ1n) is 7.68. The molecule has 1 amide bonds. The summed E-state index contributed by atoms with van der Waals surface area (Å²) in [5.41, 5.74) is -0.454. The molecule has 0 unspecified atom stereocenters. The molecule has 0 saturated heterocycles. The third-order valence-electron chi connectivity index (χ3n) is 3.63. The fourth-order valence-corrected chi connectivity index (χ4v) is 2.41. The zero-order valence-electron chi connectivity index (χ0n) is 14.7. The van der Waals surface area contributed by atoms with Crippen LogP contribution in [0.25, 0.3) is 5.76 Å². The highest BCUT2D eigenvalue weighted by Crippen LogP contribution is 2.31. The quantitative estimate of drug-likeness (QED) is 0.349. The normalized spacial score (nSPS) is 11.1.